The molecular weight excluding hydrogens is 312 g/mol. The second-order valence-electron chi connectivity index (χ2n) is 6.28. The number of likely N-dealkylation sites (tertiary alicyclic amines) is 1. The highest BCUT2D eigenvalue weighted by Crippen LogP contribution is 2.20. The molecule has 0 aliphatic carbocycles. The Labute approximate surface area is 141 Å². The van der Waals surface area contributed by atoms with Crippen molar-refractivity contribution in [2.75, 3.05) is 26.8 Å². The first-order valence-electron chi connectivity index (χ1n) is 8.07. The van der Waals surface area contributed by atoms with E-state index in [0.29, 0.717) is 35.8 Å². The topological polar surface area (TPSA) is 88.7 Å². The van der Waals surface area contributed by atoms with Crippen molar-refractivity contribution in [1.29, 1.82) is 0 Å². The molecule has 1 aromatic heterocycles. The Morgan fingerprint density at radius 2 is 1.96 bits per heavy atom. The van der Waals surface area contributed by atoms with Gasteiger partial charge in [0, 0.05) is 18.8 Å². The molecule has 1 aliphatic rings. The molecule has 0 saturated carbocycles. The number of carbonyl (C=O) groups is 3. The first-order chi connectivity index (χ1) is 11.3. The summed E-state index contributed by atoms with van der Waals surface area (Å²) in [4.78, 5) is 40.7. The van der Waals surface area contributed by atoms with Crippen LogP contribution >= 0.6 is 0 Å². The van der Waals surface area contributed by atoms with Gasteiger partial charge < -0.3 is 19.4 Å². The van der Waals surface area contributed by atoms with Gasteiger partial charge in [-0.05, 0) is 38.2 Å². The van der Waals surface area contributed by atoms with Crippen molar-refractivity contribution in [3.05, 3.63) is 22.5 Å². The predicted molar refractivity (Wildman–Crippen MR) is 86.9 cm³/mol. The van der Waals surface area contributed by atoms with Crippen molar-refractivity contribution in [2.45, 2.75) is 33.6 Å². The van der Waals surface area contributed by atoms with Gasteiger partial charge in [0.1, 0.15) is 5.69 Å². The van der Waals surface area contributed by atoms with E-state index in [1.807, 2.05) is 0 Å². The first-order valence-corrected chi connectivity index (χ1v) is 8.07. The van der Waals surface area contributed by atoms with Gasteiger partial charge >= 0.3 is 11.9 Å². The Hall–Kier alpha value is -2.31. The molecule has 1 aromatic rings. The molecule has 1 aliphatic heterocycles. The summed E-state index contributed by atoms with van der Waals surface area (Å²) in [6.45, 7) is 6.52. The van der Waals surface area contributed by atoms with Crippen LogP contribution in [0.5, 0.6) is 0 Å². The molecule has 24 heavy (non-hydrogen) atoms. The quantitative estimate of drug-likeness (QED) is 0.848. The van der Waals surface area contributed by atoms with E-state index in [4.69, 9.17) is 9.47 Å². The maximum Gasteiger partial charge on any atom is 0.355 e. The summed E-state index contributed by atoms with van der Waals surface area (Å²) >= 11 is 0. The normalized spacial score (nSPS) is 17.5. The standard InChI is InChI=1S/C17H24N2O5/c1-10-6-5-7-19(8-10)13(20)9-24-17(22)15-11(2)14(12(3)18-15)16(21)23-4/h10,18H,5-9H2,1-4H3/t10-/m1/s1. The van der Waals surface area contributed by atoms with E-state index in [1.165, 1.54) is 7.11 Å². The number of aryl methyl sites for hydroxylation is 1. The number of H-pyrrole nitrogens is 1. The zero-order chi connectivity index (χ0) is 17.9. The monoisotopic (exact) mass is 336 g/mol. The fourth-order valence-electron chi connectivity index (χ4n) is 3.07. The Bertz CT molecular complexity index is 650. The van der Waals surface area contributed by atoms with Gasteiger partial charge in [0.25, 0.3) is 5.91 Å². The van der Waals surface area contributed by atoms with Gasteiger partial charge in [-0.3, -0.25) is 4.79 Å². The lowest BCUT2D eigenvalue weighted by Crippen LogP contribution is -2.41. The number of hydrogen-bond donors (Lipinski definition) is 1. The number of aromatic nitrogens is 1. The summed E-state index contributed by atoms with van der Waals surface area (Å²) in [6.07, 6.45) is 2.08. The molecule has 2 rings (SSSR count). The number of esters is 2. The van der Waals surface area contributed by atoms with Crippen LogP contribution in [0.2, 0.25) is 0 Å². The zero-order valence-corrected chi connectivity index (χ0v) is 14.6. The van der Waals surface area contributed by atoms with Gasteiger partial charge in [-0.1, -0.05) is 6.92 Å². The van der Waals surface area contributed by atoms with E-state index in [2.05, 4.69) is 11.9 Å². The van der Waals surface area contributed by atoms with Crippen LogP contribution in [0.25, 0.3) is 0 Å². The van der Waals surface area contributed by atoms with Crippen LogP contribution in [-0.2, 0) is 14.3 Å². The van der Waals surface area contributed by atoms with Gasteiger partial charge in [0.15, 0.2) is 6.61 Å². The summed E-state index contributed by atoms with van der Waals surface area (Å²) in [5.41, 5.74) is 1.49. The Kier molecular flexibility index (Phi) is 5.64. The predicted octanol–water partition coefficient (Wildman–Crippen LogP) is 1.83. The molecule has 1 amide bonds. The maximum absolute atomic E-state index is 12.2. The van der Waals surface area contributed by atoms with E-state index in [-0.39, 0.29) is 18.2 Å². The minimum atomic E-state index is -0.649. The van der Waals surface area contributed by atoms with E-state index in [1.54, 1.807) is 18.7 Å². The summed E-state index contributed by atoms with van der Waals surface area (Å²) < 4.78 is 9.83. The van der Waals surface area contributed by atoms with Gasteiger partial charge in [0.05, 0.1) is 12.7 Å². The molecule has 132 valence electrons. The highest BCUT2D eigenvalue weighted by Gasteiger charge is 2.25. The number of rotatable bonds is 4. The summed E-state index contributed by atoms with van der Waals surface area (Å²) in [5.74, 6) is -0.888. The fourth-order valence-corrected chi connectivity index (χ4v) is 3.07. The van der Waals surface area contributed by atoms with Crippen LogP contribution in [0.4, 0.5) is 0 Å². The second kappa shape index (κ2) is 7.51. The number of amides is 1. The number of piperidine rings is 1. The Morgan fingerprint density at radius 3 is 2.58 bits per heavy atom. The summed E-state index contributed by atoms with van der Waals surface area (Å²) in [6, 6.07) is 0. The van der Waals surface area contributed by atoms with Gasteiger partial charge in [-0.15, -0.1) is 0 Å². The van der Waals surface area contributed by atoms with Crippen molar-refractivity contribution in [3.63, 3.8) is 0 Å². The fraction of sp³-hybridized carbons (Fsp3) is 0.588. The molecule has 0 spiro atoms. The van der Waals surface area contributed by atoms with Crippen LogP contribution in [0.3, 0.4) is 0 Å². The molecule has 2 heterocycles. The van der Waals surface area contributed by atoms with E-state index < -0.39 is 11.9 Å². The molecular formula is C17H24N2O5. The second-order valence-corrected chi connectivity index (χ2v) is 6.28. The SMILES string of the molecule is COC(=O)c1c(C)[nH]c(C(=O)OCC(=O)N2CCC[C@@H](C)C2)c1C. The molecule has 1 saturated heterocycles. The highest BCUT2D eigenvalue weighted by molar-refractivity contribution is 5.99. The Morgan fingerprint density at radius 1 is 1.25 bits per heavy atom. The van der Waals surface area contributed by atoms with Crippen molar-refractivity contribution in [1.82, 2.24) is 9.88 Å². The molecule has 1 atom stereocenters. The van der Waals surface area contributed by atoms with E-state index in [0.717, 1.165) is 12.8 Å². The highest BCUT2D eigenvalue weighted by atomic mass is 16.5. The third-order valence-electron chi connectivity index (χ3n) is 4.37. The van der Waals surface area contributed by atoms with Crippen LogP contribution in [-0.4, -0.2) is 54.5 Å². The van der Waals surface area contributed by atoms with Crippen LogP contribution in [0.15, 0.2) is 0 Å². The largest absolute Gasteiger partial charge is 0.465 e. The summed E-state index contributed by atoms with van der Waals surface area (Å²) in [5, 5.41) is 0. The number of nitrogens with one attached hydrogen (secondary N) is 1. The molecule has 7 nitrogen and oxygen atoms in total. The van der Waals surface area contributed by atoms with Crippen LogP contribution in [0, 0.1) is 19.8 Å². The molecule has 0 aromatic carbocycles. The van der Waals surface area contributed by atoms with Gasteiger partial charge in [-0.25, -0.2) is 9.59 Å². The minimum absolute atomic E-state index is 0.174. The van der Waals surface area contributed by atoms with Crippen molar-refractivity contribution in [3.8, 4) is 0 Å². The number of methoxy groups -OCH3 is 1. The number of hydrogen-bond acceptors (Lipinski definition) is 5. The smallest absolute Gasteiger partial charge is 0.355 e. The van der Waals surface area contributed by atoms with Crippen molar-refractivity contribution in [2.24, 2.45) is 5.92 Å². The van der Waals surface area contributed by atoms with Crippen molar-refractivity contribution >= 4 is 17.8 Å². The molecule has 7 heteroatoms. The van der Waals surface area contributed by atoms with Crippen LogP contribution in [0.1, 0.15) is 51.9 Å². The molecule has 1 fully saturated rings. The molecule has 0 radical (unpaired) electrons. The third kappa shape index (κ3) is 3.77. The van der Waals surface area contributed by atoms with Crippen LogP contribution < -0.4 is 0 Å². The maximum atomic E-state index is 12.2. The molecule has 0 unspecified atom stereocenters. The third-order valence-corrected chi connectivity index (χ3v) is 4.37. The zero-order valence-electron chi connectivity index (χ0n) is 14.6. The van der Waals surface area contributed by atoms with E-state index >= 15 is 0 Å². The average Bonchev–Trinajstić information content (AvgIpc) is 2.86. The number of nitrogens with zero attached hydrogens (tertiary/aromatic N) is 1. The lowest BCUT2D eigenvalue weighted by atomic mass is 10.0. The minimum Gasteiger partial charge on any atom is -0.465 e. The lowest BCUT2D eigenvalue weighted by Gasteiger charge is -2.30. The molecule has 0 bridgehead atoms. The number of ether oxygens (including phenoxy) is 2. The Balaban J connectivity index is 2.00. The number of carbonyl (C=O) groups excluding carboxylic acids is 3. The van der Waals surface area contributed by atoms with Crippen molar-refractivity contribution < 1.29 is 23.9 Å². The lowest BCUT2D eigenvalue weighted by molar-refractivity contribution is -0.136. The van der Waals surface area contributed by atoms with Gasteiger partial charge in [-0.2, -0.15) is 0 Å². The van der Waals surface area contributed by atoms with Gasteiger partial charge in [0.2, 0.25) is 0 Å². The number of aromatic amines is 1. The first kappa shape index (κ1) is 18.0. The molecule has 1 N–H and O–H groups in total. The summed E-state index contributed by atoms with van der Waals surface area (Å²) in [7, 11) is 1.28. The average molecular weight is 336 g/mol. The van der Waals surface area contributed by atoms with E-state index in [9.17, 15) is 14.4 Å².